The molecule has 2 heteroatoms. The van der Waals surface area contributed by atoms with Gasteiger partial charge in [0.05, 0.1) is 6.10 Å². The zero-order chi connectivity index (χ0) is 17.4. The Bertz CT molecular complexity index is 447. The van der Waals surface area contributed by atoms with Crippen LogP contribution >= 0.6 is 0 Å². The van der Waals surface area contributed by atoms with Crippen LogP contribution in [0.15, 0.2) is 30.3 Å². The standard InChI is InChI=1S/C22H37NO/c1-4-5-6-7-8-9-13-16-20-22(24)17-21(23(20)3)18(2)19-14-11-10-12-15-19/h10-12,14-15,18,20-22,24H,4-9,13,16-17H2,1-3H3. The summed E-state index contributed by atoms with van der Waals surface area (Å²) in [6.45, 7) is 4.57. The van der Waals surface area contributed by atoms with Crippen LogP contribution in [0.3, 0.4) is 0 Å². The fourth-order valence-corrected chi connectivity index (χ4v) is 4.33. The summed E-state index contributed by atoms with van der Waals surface area (Å²) in [7, 11) is 2.21. The molecule has 4 atom stereocenters. The van der Waals surface area contributed by atoms with E-state index in [0.717, 1.165) is 12.8 Å². The van der Waals surface area contributed by atoms with Crippen molar-refractivity contribution in [3.8, 4) is 0 Å². The highest BCUT2D eigenvalue weighted by molar-refractivity contribution is 5.21. The van der Waals surface area contributed by atoms with Gasteiger partial charge in [-0.2, -0.15) is 0 Å². The Morgan fingerprint density at radius 3 is 2.33 bits per heavy atom. The van der Waals surface area contributed by atoms with E-state index in [1.54, 1.807) is 0 Å². The van der Waals surface area contributed by atoms with Gasteiger partial charge in [-0.05, 0) is 31.4 Å². The highest BCUT2D eigenvalue weighted by Gasteiger charge is 2.40. The van der Waals surface area contributed by atoms with Gasteiger partial charge >= 0.3 is 0 Å². The molecule has 1 aromatic rings. The Balaban J connectivity index is 1.76. The van der Waals surface area contributed by atoms with Crippen LogP contribution in [0.5, 0.6) is 0 Å². The lowest BCUT2D eigenvalue weighted by atomic mass is 9.91. The van der Waals surface area contributed by atoms with Crippen molar-refractivity contribution in [1.29, 1.82) is 0 Å². The van der Waals surface area contributed by atoms with Gasteiger partial charge in [-0.15, -0.1) is 0 Å². The number of aliphatic hydroxyl groups excluding tert-OH is 1. The Kier molecular flexibility index (Phi) is 8.28. The molecule has 0 aromatic heterocycles. The minimum atomic E-state index is -0.161. The van der Waals surface area contributed by atoms with Gasteiger partial charge in [0.2, 0.25) is 0 Å². The maximum absolute atomic E-state index is 10.6. The van der Waals surface area contributed by atoms with Gasteiger partial charge < -0.3 is 5.11 Å². The van der Waals surface area contributed by atoms with Crippen molar-refractivity contribution in [2.75, 3.05) is 7.05 Å². The van der Waals surface area contributed by atoms with Crippen LogP contribution in [0.4, 0.5) is 0 Å². The van der Waals surface area contributed by atoms with Gasteiger partial charge in [0, 0.05) is 12.1 Å². The van der Waals surface area contributed by atoms with E-state index in [1.807, 2.05) is 0 Å². The predicted octanol–water partition coefficient (Wildman–Crippen LogP) is 5.36. The van der Waals surface area contributed by atoms with E-state index in [1.165, 1.54) is 50.5 Å². The minimum absolute atomic E-state index is 0.161. The fourth-order valence-electron chi connectivity index (χ4n) is 4.33. The average molecular weight is 332 g/mol. The Hall–Kier alpha value is -0.860. The van der Waals surface area contributed by atoms with Crippen molar-refractivity contribution in [1.82, 2.24) is 4.90 Å². The van der Waals surface area contributed by atoms with Crippen LogP contribution in [-0.4, -0.2) is 35.2 Å². The lowest BCUT2D eigenvalue weighted by Gasteiger charge is -2.30. The summed E-state index contributed by atoms with van der Waals surface area (Å²) in [6.07, 6.45) is 11.3. The summed E-state index contributed by atoms with van der Waals surface area (Å²) in [5.41, 5.74) is 1.39. The number of likely N-dealkylation sites (tertiary alicyclic amines) is 1. The van der Waals surface area contributed by atoms with Gasteiger partial charge in [-0.25, -0.2) is 0 Å². The summed E-state index contributed by atoms with van der Waals surface area (Å²) in [5.74, 6) is 0.477. The molecule has 2 nitrogen and oxygen atoms in total. The number of hydrogen-bond acceptors (Lipinski definition) is 2. The topological polar surface area (TPSA) is 23.5 Å². The third kappa shape index (κ3) is 5.32. The van der Waals surface area contributed by atoms with E-state index < -0.39 is 0 Å². The van der Waals surface area contributed by atoms with Crippen LogP contribution in [0.2, 0.25) is 0 Å². The second-order valence-electron chi connectivity index (χ2n) is 7.71. The molecule has 0 spiro atoms. The molecular formula is C22H37NO. The van der Waals surface area contributed by atoms with E-state index >= 15 is 0 Å². The molecule has 1 heterocycles. The predicted molar refractivity (Wildman–Crippen MR) is 103 cm³/mol. The Morgan fingerprint density at radius 1 is 1.04 bits per heavy atom. The SMILES string of the molecule is CCCCCCCCCC1C(O)CC(C(C)c2ccccc2)N1C. The first-order valence-corrected chi connectivity index (χ1v) is 10.1. The van der Waals surface area contributed by atoms with E-state index in [9.17, 15) is 5.11 Å². The molecule has 0 bridgehead atoms. The van der Waals surface area contributed by atoms with Crippen LogP contribution in [-0.2, 0) is 0 Å². The Morgan fingerprint density at radius 2 is 1.67 bits per heavy atom. The molecule has 24 heavy (non-hydrogen) atoms. The van der Waals surface area contributed by atoms with E-state index in [2.05, 4.69) is 56.1 Å². The molecule has 1 aliphatic rings. The number of unbranched alkanes of at least 4 members (excludes halogenated alkanes) is 6. The number of aliphatic hydroxyl groups is 1. The van der Waals surface area contributed by atoms with Crippen molar-refractivity contribution in [3.63, 3.8) is 0 Å². The molecule has 0 amide bonds. The number of nitrogens with zero attached hydrogens (tertiary/aromatic N) is 1. The summed E-state index contributed by atoms with van der Waals surface area (Å²) in [6, 6.07) is 11.5. The van der Waals surface area contributed by atoms with Crippen molar-refractivity contribution in [2.24, 2.45) is 0 Å². The lowest BCUT2D eigenvalue weighted by molar-refractivity contribution is 0.114. The molecular weight excluding hydrogens is 294 g/mol. The summed E-state index contributed by atoms with van der Waals surface area (Å²) < 4.78 is 0. The van der Waals surface area contributed by atoms with Crippen molar-refractivity contribution >= 4 is 0 Å². The van der Waals surface area contributed by atoms with E-state index in [0.29, 0.717) is 18.0 Å². The van der Waals surface area contributed by atoms with Crippen molar-refractivity contribution in [2.45, 2.75) is 95.7 Å². The van der Waals surface area contributed by atoms with Gasteiger partial charge in [0.1, 0.15) is 0 Å². The Labute approximate surface area is 149 Å². The average Bonchev–Trinajstić information content (AvgIpc) is 2.89. The quantitative estimate of drug-likeness (QED) is 0.583. The molecule has 1 saturated heterocycles. The molecule has 1 aliphatic heterocycles. The van der Waals surface area contributed by atoms with E-state index in [-0.39, 0.29) is 6.10 Å². The molecule has 1 aromatic carbocycles. The van der Waals surface area contributed by atoms with Gasteiger partial charge in [0.15, 0.2) is 0 Å². The van der Waals surface area contributed by atoms with Crippen molar-refractivity contribution < 1.29 is 5.11 Å². The number of hydrogen-bond donors (Lipinski definition) is 1. The third-order valence-electron chi connectivity index (χ3n) is 5.98. The number of benzene rings is 1. The smallest absolute Gasteiger partial charge is 0.0710 e. The van der Waals surface area contributed by atoms with Gasteiger partial charge in [-0.3, -0.25) is 4.90 Å². The zero-order valence-electron chi connectivity index (χ0n) is 16.0. The van der Waals surface area contributed by atoms with Crippen LogP contribution in [0.1, 0.15) is 83.1 Å². The first kappa shape index (κ1) is 19.5. The van der Waals surface area contributed by atoms with Crippen LogP contribution in [0, 0.1) is 0 Å². The summed E-state index contributed by atoms with van der Waals surface area (Å²) in [4.78, 5) is 2.46. The van der Waals surface area contributed by atoms with Crippen LogP contribution < -0.4 is 0 Å². The first-order valence-electron chi connectivity index (χ1n) is 10.1. The minimum Gasteiger partial charge on any atom is -0.391 e. The van der Waals surface area contributed by atoms with E-state index in [4.69, 9.17) is 0 Å². The highest BCUT2D eigenvalue weighted by atomic mass is 16.3. The first-order chi connectivity index (χ1) is 11.6. The second kappa shape index (κ2) is 10.2. The monoisotopic (exact) mass is 331 g/mol. The molecule has 0 saturated carbocycles. The molecule has 4 unspecified atom stereocenters. The molecule has 1 N–H and O–H groups in total. The summed E-state index contributed by atoms with van der Waals surface area (Å²) >= 11 is 0. The molecule has 0 radical (unpaired) electrons. The molecule has 2 rings (SSSR count). The third-order valence-corrected chi connectivity index (χ3v) is 5.98. The number of rotatable bonds is 10. The van der Waals surface area contributed by atoms with Crippen molar-refractivity contribution in [3.05, 3.63) is 35.9 Å². The van der Waals surface area contributed by atoms with Crippen LogP contribution in [0.25, 0.3) is 0 Å². The molecule has 136 valence electrons. The highest BCUT2D eigenvalue weighted by Crippen LogP contribution is 2.35. The number of likely N-dealkylation sites (N-methyl/N-ethyl adjacent to an activating group) is 1. The normalized spacial score (nSPS) is 25.9. The zero-order valence-corrected chi connectivity index (χ0v) is 16.0. The maximum atomic E-state index is 10.6. The lowest BCUT2D eigenvalue weighted by Crippen LogP contribution is -2.37. The maximum Gasteiger partial charge on any atom is 0.0710 e. The molecule has 0 aliphatic carbocycles. The van der Waals surface area contributed by atoms with Gasteiger partial charge in [0.25, 0.3) is 0 Å². The molecule has 1 fully saturated rings. The summed E-state index contributed by atoms with van der Waals surface area (Å²) in [5, 5.41) is 10.6. The fraction of sp³-hybridized carbons (Fsp3) is 0.727. The van der Waals surface area contributed by atoms with Gasteiger partial charge in [-0.1, -0.05) is 89.1 Å². The second-order valence-corrected chi connectivity index (χ2v) is 7.71. The largest absolute Gasteiger partial charge is 0.391 e.